The zero-order valence-corrected chi connectivity index (χ0v) is 18.7. The molecule has 0 saturated heterocycles. The van der Waals surface area contributed by atoms with E-state index in [0.717, 1.165) is 4.47 Å². The average Bonchev–Trinajstić information content (AvgIpc) is 3.25. The second-order valence-corrected chi connectivity index (χ2v) is 7.97. The fourth-order valence-electron chi connectivity index (χ4n) is 2.77. The summed E-state index contributed by atoms with van der Waals surface area (Å²) in [6, 6.07) is 10.7. The summed E-state index contributed by atoms with van der Waals surface area (Å²) in [7, 11) is 0. The fraction of sp³-hybridized carbons (Fsp3) is 0.200. The van der Waals surface area contributed by atoms with E-state index in [4.69, 9.17) is 16.3 Å². The Bertz CT molecular complexity index is 1110. The van der Waals surface area contributed by atoms with E-state index in [9.17, 15) is 25.1 Å². The molecule has 1 amide bonds. The van der Waals surface area contributed by atoms with Gasteiger partial charge in [-0.1, -0.05) is 27.5 Å². The number of nitro benzene ring substituents is 1. The largest absolute Gasteiger partial charge is 0.470 e. The molecule has 1 aromatic heterocycles. The van der Waals surface area contributed by atoms with E-state index in [2.05, 4.69) is 26.3 Å². The Morgan fingerprint density at radius 2 is 2.00 bits per heavy atom. The minimum absolute atomic E-state index is 0.00345. The third-order valence-electron chi connectivity index (χ3n) is 4.46. The third kappa shape index (κ3) is 5.82. The smallest absolute Gasteiger partial charge is 0.272 e. The summed E-state index contributed by atoms with van der Waals surface area (Å²) in [4.78, 5) is 22.7. The number of hydrogen-bond acceptors (Lipinski definition) is 7. The van der Waals surface area contributed by atoms with Gasteiger partial charge in [-0.05, 0) is 42.0 Å². The quantitative estimate of drug-likeness (QED) is 0.288. The maximum atomic E-state index is 12.5. The van der Waals surface area contributed by atoms with Crippen LogP contribution in [0, 0.1) is 10.1 Å². The number of aliphatic hydroxyl groups is 2. The van der Waals surface area contributed by atoms with Crippen molar-refractivity contribution in [3.8, 4) is 5.75 Å². The van der Waals surface area contributed by atoms with Crippen LogP contribution in [0.25, 0.3) is 0 Å². The maximum Gasteiger partial charge on any atom is 0.272 e. The number of non-ortho nitro benzene ring substituents is 1. The van der Waals surface area contributed by atoms with Crippen molar-refractivity contribution in [2.24, 2.45) is 0 Å². The van der Waals surface area contributed by atoms with E-state index < -0.39 is 29.6 Å². The van der Waals surface area contributed by atoms with Crippen molar-refractivity contribution >= 4 is 39.1 Å². The number of aromatic nitrogens is 2. The van der Waals surface area contributed by atoms with E-state index in [1.165, 1.54) is 41.2 Å². The molecule has 32 heavy (non-hydrogen) atoms. The van der Waals surface area contributed by atoms with E-state index in [0.29, 0.717) is 16.3 Å². The lowest BCUT2D eigenvalue weighted by Crippen LogP contribution is -2.42. The van der Waals surface area contributed by atoms with Gasteiger partial charge in [0.25, 0.3) is 11.6 Å². The highest BCUT2D eigenvalue weighted by Gasteiger charge is 2.24. The predicted octanol–water partition coefficient (Wildman–Crippen LogP) is 3.07. The summed E-state index contributed by atoms with van der Waals surface area (Å²) >= 11 is 9.41. The number of hydrogen-bond donors (Lipinski definition) is 3. The Morgan fingerprint density at radius 3 is 2.62 bits per heavy atom. The van der Waals surface area contributed by atoms with E-state index in [1.54, 1.807) is 18.2 Å². The molecule has 0 saturated carbocycles. The standard InChI is InChI=1S/C20H18BrClN4O6/c21-13-3-6-18(15(22)9-13)32-11-25-8-7-16(24-25)20(29)23-17(10-27)19(28)12-1-4-14(5-2-12)26(30)31/h1-9,17,19,27-28H,10-11H2,(H,23,29). The molecule has 3 rings (SSSR count). The molecule has 0 radical (unpaired) electrons. The first-order chi connectivity index (χ1) is 15.3. The number of benzene rings is 2. The second-order valence-electron chi connectivity index (χ2n) is 6.64. The maximum absolute atomic E-state index is 12.5. The molecule has 0 aliphatic heterocycles. The molecule has 0 aliphatic rings. The molecule has 0 fully saturated rings. The van der Waals surface area contributed by atoms with Gasteiger partial charge in [-0.3, -0.25) is 14.9 Å². The second kappa shape index (κ2) is 10.6. The van der Waals surface area contributed by atoms with Crippen molar-refractivity contribution in [3.63, 3.8) is 0 Å². The van der Waals surface area contributed by atoms with Crippen LogP contribution in [0.5, 0.6) is 5.75 Å². The Labute approximate surface area is 195 Å². The van der Waals surface area contributed by atoms with Crippen LogP contribution < -0.4 is 10.1 Å². The van der Waals surface area contributed by atoms with Crippen molar-refractivity contribution < 1.29 is 24.7 Å². The topological polar surface area (TPSA) is 140 Å². The number of carbonyl (C=O) groups excluding carboxylic acids is 1. The first-order valence-corrected chi connectivity index (χ1v) is 10.4. The van der Waals surface area contributed by atoms with Gasteiger partial charge in [-0.25, -0.2) is 4.68 Å². The minimum Gasteiger partial charge on any atom is -0.470 e. The van der Waals surface area contributed by atoms with Gasteiger partial charge in [0.05, 0.1) is 22.6 Å². The summed E-state index contributed by atoms with van der Waals surface area (Å²) in [5, 5.41) is 37.9. The number of aliphatic hydroxyl groups excluding tert-OH is 2. The van der Waals surface area contributed by atoms with E-state index in [1.807, 2.05) is 0 Å². The van der Waals surface area contributed by atoms with Crippen LogP contribution in [0.15, 0.2) is 59.2 Å². The van der Waals surface area contributed by atoms with Crippen LogP contribution in [0.2, 0.25) is 5.02 Å². The molecule has 0 spiro atoms. The number of rotatable bonds is 9. The highest BCUT2D eigenvalue weighted by atomic mass is 79.9. The van der Waals surface area contributed by atoms with Gasteiger partial charge in [0.15, 0.2) is 6.73 Å². The number of amides is 1. The average molecular weight is 526 g/mol. The van der Waals surface area contributed by atoms with Gasteiger partial charge in [0.2, 0.25) is 0 Å². The van der Waals surface area contributed by atoms with Gasteiger partial charge >= 0.3 is 0 Å². The van der Waals surface area contributed by atoms with Gasteiger partial charge in [-0.15, -0.1) is 0 Å². The van der Waals surface area contributed by atoms with Gasteiger partial charge in [0, 0.05) is 22.8 Å². The molecule has 3 N–H and O–H groups in total. The Balaban J connectivity index is 1.61. The molecule has 3 aromatic rings. The minimum atomic E-state index is -1.28. The summed E-state index contributed by atoms with van der Waals surface area (Å²) < 4.78 is 7.77. The monoisotopic (exact) mass is 524 g/mol. The highest BCUT2D eigenvalue weighted by Crippen LogP contribution is 2.28. The van der Waals surface area contributed by atoms with Gasteiger partial charge < -0.3 is 20.3 Å². The SMILES string of the molecule is O=C(NC(CO)C(O)c1ccc([N+](=O)[O-])cc1)c1ccn(COc2ccc(Br)cc2Cl)n1. The predicted molar refractivity (Wildman–Crippen MR) is 118 cm³/mol. The summed E-state index contributed by atoms with van der Waals surface area (Å²) in [5.74, 6) is -0.173. The van der Waals surface area contributed by atoms with Crippen LogP contribution in [0.4, 0.5) is 5.69 Å². The van der Waals surface area contributed by atoms with E-state index >= 15 is 0 Å². The number of nitro groups is 1. The van der Waals surface area contributed by atoms with Crippen molar-refractivity contribution in [1.29, 1.82) is 0 Å². The lowest BCUT2D eigenvalue weighted by Gasteiger charge is -2.22. The number of carbonyl (C=O) groups is 1. The van der Waals surface area contributed by atoms with Crippen molar-refractivity contribution in [1.82, 2.24) is 15.1 Å². The zero-order valence-electron chi connectivity index (χ0n) is 16.4. The van der Waals surface area contributed by atoms with E-state index in [-0.39, 0.29) is 18.1 Å². The molecule has 10 nitrogen and oxygen atoms in total. The molecular weight excluding hydrogens is 508 g/mol. The highest BCUT2D eigenvalue weighted by molar-refractivity contribution is 9.10. The van der Waals surface area contributed by atoms with Crippen LogP contribution in [-0.4, -0.2) is 43.5 Å². The lowest BCUT2D eigenvalue weighted by atomic mass is 10.0. The fourth-order valence-corrected chi connectivity index (χ4v) is 3.50. The first-order valence-electron chi connectivity index (χ1n) is 9.24. The molecule has 2 unspecified atom stereocenters. The third-order valence-corrected chi connectivity index (χ3v) is 5.25. The normalized spacial score (nSPS) is 12.8. The number of halogens is 2. The van der Waals surface area contributed by atoms with Gasteiger partial charge in [0.1, 0.15) is 17.5 Å². The van der Waals surface area contributed by atoms with Crippen LogP contribution in [0.1, 0.15) is 22.2 Å². The molecule has 0 aliphatic carbocycles. The molecule has 2 atom stereocenters. The van der Waals surface area contributed by atoms with Crippen molar-refractivity contribution in [3.05, 3.63) is 85.6 Å². The Kier molecular flexibility index (Phi) is 7.80. The molecule has 0 bridgehead atoms. The summed E-state index contributed by atoms with van der Waals surface area (Å²) in [6.07, 6.45) is 0.247. The summed E-state index contributed by atoms with van der Waals surface area (Å²) in [5.41, 5.74) is 0.216. The van der Waals surface area contributed by atoms with Gasteiger partial charge in [-0.2, -0.15) is 5.10 Å². The number of ether oxygens (including phenoxy) is 1. The van der Waals surface area contributed by atoms with Crippen LogP contribution >= 0.6 is 27.5 Å². The molecular formula is C20H18BrClN4O6. The molecule has 2 aromatic carbocycles. The Morgan fingerprint density at radius 1 is 1.28 bits per heavy atom. The van der Waals surface area contributed by atoms with Crippen molar-refractivity contribution in [2.45, 2.75) is 18.9 Å². The molecule has 12 heteroatoms. The lowest BCUT2D eigenvalue weighted by molar-refractivity contribution is -0.384. The Hall–Kier alpha value is -2.99. The zero-order chi connectivity index (χ0) is 23.3. The number of nitrogens with zero attached hydrogens (tertiary/aromatic N) is 3. The van der Waals surface area contributed by atoms with Crippen molar-refractivity contribution in [2.75, 3.05) is 6.61 Å². The van der Waals surface area contributed by atoms with Crippen LogP contribution in [0.3, 0.4) is 0 Å². The summed E-state index contributed by atoms with van der Waals surface area (Å²) in [6.45, 7) is -0.556. The molecule has 168 valence electrons. The van der Waals surface area contributed by atoms with Crippen LogP contribution in [-0.2, 0) is 6.73 Å². The first kappa shape index (κ1) is 23.7. The number of nitrogens with one attached hydrogen (secondary N) is 1. The molecule has 1 heterocycles.